The molecule has 0 spiro atoms. The van der Waals surface area contributed by atoms with Crippen molar-refractivity contribution in [2.24, 2.45) is 0 Å². The minimum atomic E-state index is -3.74. The molecule has 0 fully saturated rings. The lowest BCUT2D eigenvalue weighted by atomic mass is 10.2. The van der Waals surface area contributed by atoms with Crippen molar-refractivity contribution in [1.29, 1.82) is 0 Å². The Kier molecular flexibility index (Phi) is 6.08. The Morgan fingerprint density at radius 2 is 1.84 bits per heavy atom. The normalized spacial score (nSPS) is 12.5. The molecule has 2 aromatic carbocycles. The standard InChI is InChI=1S/C18H20ClNO4S/c1-13(18(21)20(2)16-7-5-4-6-8-16)25(22,23)12-14-11-15(19)9-10-17(14)24-3/h4-11,13H,12H2,1-3H3/t13-/m0/s1. The van der Waals surface area contributed by atoms with Gasteiger partial charge in [-0.05, 0) is 37.3 Å². The lowest BCUT2D eigenvalue weighted by Gasteiger charge is -2.22. The Bertz CT molecular complexity index is 853. The largest absolute Gasteiger partial charge is 0.496 e. The zero-order chi connectivity index (χ0) is 18.6. The molecule has 0 aliphatic heterocycles. The van der Waals surface area contributed by atoms with Gasteiger partial charge in [0.05, 0.1) is 12.9 Å². The molecule has 0 aliphatic carbocycles. The second-order valence-corrected chi connectivity index (χ2v) is 8.40. The number of rotatable bonds is 6. The number of carbonyl (C=O) groups excluding carboxylic acids is 1. The van der Waals surface area contributed by atoms with Crippen molar-refractivity contribution in [2.75, 3.05) is 19.1 Å². The first-order valence-corrected chi connectivity index (χ1v) is 9.72. The monoisotopic (exact) mass is 381 g/mol. The Labute approximate surface area is 153 Å². The van der Waals surface area contributed by atoms with Crippen LogP contribution < -0.4 is 9.64 Å². The predicted molar refractivity (Wildman–Crippen MR) is 99.9 cm³/mol. The molecule has 0 aliphatic rings. The molecule has 1 amide bonds. The summed E-state index contributed by atoms with van der Waals surface area (Å²) >= 11 is 5.95. The van der Waals surface area contributed by atoms with Gasteiger partial charge in [0.25, 0.3) is 0 Å². The van der Waals surface area contributed by atoms with E-state index in [1.54, 1.807) is 43.4 Å². The number of sulfone groups is 1. The van der Waals surface area contributed by atoms with Crippen LogP contribution in [0.1, 0.15) is 12.5 Å². The molecular formula is C18H20ClNO4S. The van der Waals surface area contributed by atoms with Crippen molar-refractivity contribution < 1.29 is 17.9 Å². The molecule has 2 rings (SSSR count). The maximum absolute atomic E-state index is 12.7. The van der Waals surface area contributed by atoms with E-state index in [9.17, 15) is 13.2 Å². The molecule has 0 radical (unpaired) electrons. The van der Waals surface area contributed by atoms with Gasteiger partial charge < -0.3 is 9.64 Å². The van der Waals surface area contributed by atoms with Gasteiger partial charge in [-0.1, -0.05) is 29.8 Å². The van der Waals surface area contributed by atoms with Gasteiger partial charge in [0.15, 0.2) is 9.84 Å². The van der Waals surface area contributed by atoms with Crippen LogP contribution in [0.2, 0.25) is 5.02 Å². The Morgan fingerprint density at radius 3 is 2.44 bits per heavy atom. The first kappa shape index (κ1) is 19.3. The van der Waals surface area contributed by atoms with Gasteiger partial charge in [0.2, 0.25) is 5.91 Å². The van der Waals surface area contributed by atoms with E-state index in [4.69, 9.17) is 16.3 Å². The smallest absolute Gasteiger partial charge is 0.244 e. The van der Waals surface area contributed by atoms with Gasteiger partial charge in [-0.15, -0.1) is 0 Å². The van der Waals surface area contributed by atoms with Crippen LogP contribution in [-0.2, 0) is 20.4 Å². The number of hydrogen-bond donors (Lipinski definition) is 0. The molecule has 0 N–H and O–H groups in total. The van der Waals surface area contributed by atoms with E-state index in [-0.39, 0.29) is 5.75 Å². The molecular weight excluding hydrogens is 362 g/mol. The molecule has 0 unspecified atom stereocenters. The fourth-order valence-corrected chi connectivity index (χ4v) is 3.98. The summed E-state index contributed by atoms with van der Waals surface area (Å²) < 4.78 is 30.6. The van der Waals surface area contributed by atoms with Crippen molar-refractivity contribution in [3.8, 4) is 5.75 Å². The summed E-state index contributed by atoms with van der Waals surface area (Å²) in [6.45, 7) is 1.40. The number of benzene rings is 2. The molecule has 0 saturated heterocycles. The third kappa shape index (κ3) is 4.52. The summed E-state index contributed by atoms with van der Waals surface area (Å²) in [5, 5.41) is -0.784. The molecule has 0 heterocycles. The number of methoxy groups -OCH3 is 1. The van der Waals surface area contributed by atoms with Crippen molar-refractivity contribution in [3.05, 3.63) is 59.1 Å². The fraction of sp³-hybridized carbons (Fsp3) is 0.278. The topological polar surface area (TPSA) is 63.7 Å². The van der Waals surface area contributed by atoms with Gasteiger partial charge >= 0.3 is 0 Å². The van der Waals surface area contributed by atoms with E-state index >= 15 is 0 Å². The zero-order valence-corrected chi connectivity index (χ0v) is 15.8. The molecule has 0 bridgehead atoms. The number of para-hydroxylation sites is 1. The Morgan fingerprint density at radius 1 is 1.20 bits per heavy atom. The number of hydrogen-bond acceptors (Lipinski definition) is 4. The van der Waals surface area contributed by atoms with Crippen LogP contribution in [0.15, 0.2) is 48.5 Å². The van der Waals surface area contributed by atoms with Crippen LogP contribution >= 0.6 is 11.6 Å². The van der Waals surface area contributed by atoms with Crippen molar-refractivity contribution in [1.82, 2.24) is 0 Å². The first-order chi connectivity index (χ1) is 11.8. The highest BCUT2D eigenvalue weighted by Crippen LogP contribution is 2.26. The highest BCUT2D eigenvalue weighted by molar-refractivity contribution is 7.92. The number of carbonyl (C=O) groups is 1. The molecule has 1 atom stereocenters. The summed E-state index contributed by atoms with van der Waals surface area (Å²) in [6.07, 6.45) is 0. The maximum atomic E-state index is 12.7. The van der Waals surface area contributed by atoms with Crippen molar-refractivity contribution in [2.45, 2.75) is 17.9 Å². The van der Waals surface area contributed by atoms with E-state index < -0.39 is 21.0 Å². The van der Waals surface area contributed by atoms with Gasteiger partial charge in [-0.2, -0.15) is 0 Å². The zero-order valence-electron chi connectivity index (χ0n) is 14.3. The molecule has 134 valence electrons. The number of nitrogens with zero attached hydrogens (tertiary/aromatic N) is 1. The summed E-state index contributed by atoms with van der Waals surface area (Å²) in [7, 11) is -0.730. The summed E-state index contributed by atoms with van der Waals surface area (Å²) in [5.41, 5.74) is 1.06. The fourth-order valence-electron chi connectivity index (χ4n) is 2.41. The van der Waals surface area contributed by atoms with Crippen LogP contribution in [0, 0.1) is 0 Å². The second-order valence-electron chi connectivity index (χ2n) is 5.64. The predicted octanol–water partition coefficient (Wildman–Crippen LogP) is 3.31. The molecule has 5 nitrogen and oxygen atoms in total. The second kappa shape index (κ2) is 7.89. The average Bonchev–Trinajstić information content (AvgIpc) is 2.60. The molecule has 25 heavy (non-hydrogen) atoms. The average molecular weight is 382 g/mol. The quantitative estimate of drug-likeness (QED) is 0.770. The third-order valence-electron chi connectivity index (χ3n) is 3.96. The minimum Gasteiger partial charge on any atom is -0.496 e. The van der Waals surface area contributed by atoms with Crippen LogP contribution in [0.25, 0.3) is 0 Å². The highest BCUT2D eigenvalue weighted by Gasteiger charge is 2.31. The molecule has 0 aromatic heterocycles. The van der Waals surface area contributed by atoms with E-state index in [1.807, 2.05) is 6.07 Å². The van der Waals surface area contributed by atoms with Gasteiger partial charge in [0.1, 0.15) is 11.0 Å². The van der Waals surface area contributed by atoms with E-state index in [0.29, 0.717) is 22.0 Å². The van der Waals surface area contributed by atoms with Crippen LogP contribution in [0.3, 0.4) is 0 Å². The van der Waals surface area contributed by atoms with Gasteiger partial charge in [-0.25, -0.2) is 8.42 Å². The van der Waals surface area contributed by atoms with Crippen LogP contribution in [0.4, 0.5) is 5.69 Å². The molecule has 0 saturated carbocycles. The summed E-state index contributed by atoms with van der Waals surface area (Å²) in [6, 6.07) is 13.7. The number of anilines is 1. The van der Waals surface area contributed by atoms with Crippen molar-refractivity contribution >= 4 is 33.0 Å². The lowest BCUT2D eigenvalue weighted by Crippen LogP contribution is -2.39. The Balaban J connectivity index is 2.24. The first-order valence-electron chi connectivity index (χ1n) is 7.63. The minimum absolute atomic E-state index is 0.327. The molecule has 7 heteroatoms. The number of halogens is 1. The maximum Gasteiger partial charge on any atom is 0.244 e. The Hall–Kier alpha value is -2.05. The van der Waals surface area contributed by atoms with Gasteiger partial charge in [0, 0.05) is 23.3 Å². The molecule has 2 aromatic rings. The van der Waals surface area contributed by atoms with Crippen molar-refractivity contribution in [3.63, 3.8) is 0 Å². The number of amides is 1. The van der Waals surface area contributed by atoms with Crippen LogP contribution in [-0.4, -0.2) is 33.7 Å². The third-order valence-corrected chi connectivity index (χ3v) is 6.19. The van der Waals surface area contributed by atoms with Crippen LogP contribution in [0.5, 0.6) is 5.75 Å². The highest BCUT2D eigenvalue weighted by atomic mass is 35.5. The number of ether oxygens (including phenoxy) is 1. The van der Waals surface area contributed by atoms with E-state index in [0.717, 1.165) is 0 Å². The summed E-state index contributed by atoms with van der Waals surface area (Å²) in [5.74, 6) is -0.400. The lowest BCUT2D eigenvalue weighted by molar-refractivity contribution is -0.117. The van der Waals surface area contributed by atoms with E-state index in [1.165, 1.54) is 25.0 Å². The summed E-state index contributed by atoms with van der Waals surface area (Å²) in [4.78, 5) is 13.9. The van der Waals surface area contributed by atoms with E-state index in [2.05, 4.69) is 0 Å². The van der Waals surface area contributed by atoms with Gasteiger partial charge in [-0.3, -0.25) is 4.79 Å². The SMILES string of the molecule is COc1ccc(Cl)cc1CS(=O)(=O)[C@@H](C)C(=O)N(C)c1ccccc1.